The quantitative estimate of drug-likeness (QED) is 0.110. The van der Waals surface area contributed by atoms with E-state index in [9.17, 15) is 18.0 Å². The molecule has 0 atom stereocenters. The summed E-state index contributed by atoms with van der Waals surface area (Å²) < 4.78 is 50.4. The lowest BCUT2D eigenvalue weighted by Gasteiger charge is -2.09. The number of Topliss-reactive ketones (excluding diaryl/α,β-unsaturated/α-hetero) is 2. The number of nitrogens with one attached hydrogen (secondary N) is 1. The van der Waals surface area contributed by atoms with Crippen molar-refractivity contribution in [1.82, 2.24) is 15.3 Å². The summed E-state index contributed by atoms with van der Waals surface area (Å²) in [5.41, 5.74) is 3.44. The normalized spacial score (nSPS) is 11.5. The van der Waals surface area contributed by atoms with Crippen molar-refractivity contribution >= 4 is 43.0 Å². The molecule has 0 aliphatic carbocycles. The molecule has 0 amide bonds. The number of benzene rings is 2. The first-order chi connectivity index (χ1) is 22.1. The van der Waals surface area contributed by atoms with Crippen molar-refractivity contribution in [3.63, 3.8) is 0 Å². The lowest BCUT2D eigenvalue weighted by atomic mass is 10.0. The van der Waals surface area contributed by atoms with Crippen molar-refractivity contribution in [2.75, 3.05) is 26.5 Å². The molecule has 0 saturated heterocycles. The van der Waals surface area contributed by atoms with Gasteiger partial charge in [0.25, 0.3) is 0 Å². The number of sulfone groups is 1. The van der Waals surface area contributed by atoms with Gasteiger partial charge in [-0.15, -0.1) is 11.3 Å². The minimum absolute atomic E-state index is 0.0102. The third-order valence-corrected chi connectivity index (χ3v) is 9.28. The zero-order valence-electron chi connectivity index (χ0n) is 25.3. The van der Waals surface area contributed by atoms with Crippen molar-refractivity contribution in [2.24, 2.45) is 0 Å². The van der Waals surface area contributed by atoms with Gasteiger partial charge in [0.2, 0.25) is 0 Å². The lowest BCUT2D eigenvalue weighted by Crippen LogP contribution is -2.18. The molecule has 3 aromatic heterocycles. The minimum atomic E-state index is -3.41. The van der Waals surface area contributed by atoms with Crippen LogP contribution < -0.4 is 10.1 Å². The number of ether oxygens (including phenoxy) is 2. The highest BCUT2D eigenvalue weighted by atomic mass is 32.2. The van der Waals surface area contributed by atoms with Crippen LogP contribution in [0.25, 0.3) is 20.8 Å². The third kappa shape index (κ3) is 8.67. The van der Waals surface area contributed by atoms with Crippen LogP contribution in [-0.4, -0.2) is 56.5 Å². The highest BCUT2D eigenvalue weighted by Gasteiger charge is 2.17. The van der Waals surface area contributed by atoms with E-state index in [1.807, 2.05) is 24.4 Å². The first-order valence-corrected chi connectivity index (χ1v) is 17.1. The molecule has 0 aliphatic rings. The Morgan fingerprint density at radius 1 is 0.913 bits per heavy atom. The molecule has 0 fully saturated rings. The predicted molar refractivity (Wildman–Crippen MR) is 174 cm³/mol. The van der Waals surface area contributed by atoms with Crippen LogP contribution in [0.1, 0.15) is 23.1 Å². The topological polar surface area (TPSA) is 125 Å². The van der Waals surface area contributed by atoms with E-state index in [0.717, 1.165) is 33.6 Å². The van der Waals surface area contributed by atoms with E-state index >= 15 is 4.39 Å². The van der Waals surface area contributed by atoms with Crippen molar-refractivity contribution in [3.05, 3.63) is 102 Å². The lowest BCUT2D eigenvalue weighted by molar-refractivity contribution is -0.126. The summed E-state index contributed by atoms with van der Waals surface area (Å²) in [7, 11) is -1.75. The Labute approximate surface area is 270 Å². The third-order valence-electron chi connectivity index (χ3n) is 7.00. The van der Waals surface area contributed by atoms with E-state index in [0.29, 0.717) is 35.5 Å². The molecule has 12 heteroatoms. The molecular formula is C34H32FN3O6S2. The number of fused-ring (bicyclic) bond motifs is 1. The van der Waals surface area contributed by atoms with Gasteiger partial charge in [0.05, 0.1) is 38.7 Å². The number of rotatable bonds is 15. The zero-order valence-corrected chi connectivity index (χ0v) is 26.9. The van der Waals surface area contributed by atoms with Gasteiger partial charge in [-0.3, -0.25) is 19.6 Å². The summed E-state index contributed by atoms with van der Waals surface area (Å²) in [6.45, 7) is 2.07. The maximum absolute atomic E-state index is 15.1. The zero-order chi connectivity index (χ0) is 32.7. The number of hydrogen-bond donors (Lipinski definition) is 1. The van der Waals surface area contributed by atoms with E-state index in [4.69, 9.17) is 9.47 Å². The number of halogens is 1. The average molecular weight is 662 g/mol. The molecular weight excluding hydrogens is 630 g/mol. The van der Waals surface area contributed by atoms with Gasteiger partial charge in [-0.25, -0.2) is 12.8 Å². The second-order valence-electron chi connectivity index (χ2n) is 10.7. The van der Waals surface area contributed by atoms with Crippen molar-refractivity contribution in [2.45, 2.75) is 30.7 Å². The van der Waals surface area contributed by atoms with E-state index in [-0.39, 0.29) is 41.5 Å². The largest absolute Gasteiger partial charge is 0.453 e. The number of nitrogens with zero attached hydrogens (tertiary/aromatic N) is 2. The smallest absolute Gasteiger partial charge is 0.175 e. The number of carbonyl (C=O) groups excluding carboxylic acids is 2. The molecule has 5 rings (SSSR count). The van der Waals surface area contributed by atoms with Gasteiger partial charge in [-0.05, 0) is 53.1 Å². The molecule has 0 radical (unpaired) electrons. The molecule has 1 N–H and O–H groups in total. The standard InChI is InChI=1S/C34H32FN3O6S2/c1-43-13-12-36-20-24-6-8-29(38-21-24)33-19-30-34(45-33)32(10-11-37-30)44-31-9-7-23(17-28(31)35)15-26(40)18-25(39)14-22-4-3-5-27(16-22)46(2,41)42/h3-11,16-17,19,21,36H,12-15,18,20H2,1-2H3. The van der Waals surface area contributed by atoms with E-state index in [1.54, 1.807) is 37.6 Å². The first-order valence-electron chi connectivity index (χ1n) is 14.4. The van der Waals surface area contributed by atoms with Gasteiger partial charge in [-0.1, -0.05) is 24.3 Å². The Hall–Kier alpha value is -4.36. The number of thiophene rings is 1. The molecule has 2 aromatic carbocycles. The molecule has 0 saturated carbocycles. The van der Waals surface area contributed by atoms with Crippen molar-refractivity contribution in [1.29, 1.82) is 0 Å². The second-order valence-corrected chi connectivity index (χ2v) is 13.8. The second kappa shape index (κ2) is 14.8. The predicted octanol–water partition coefficient (Wildman–Crippen LogP) is 5.74. The van der Waals surface area contributed by atoms with Crippen LogP contribution in [0.15, 0.2) is 84.0 Å². The maximum atomic E-state index is 15.1. The number of aromatic nitrogens is 2. The van der Waals surface area contributed by atoms with Crippen LogP contribution in [-0.2, 0) is 43.5 Å². The van der Waals surface area contributed by atoms with E-state index < -0.39 is 15.7 Å². The van der Waals surface area contributed by atoms with Crippen LogP contribution in [0.3, 0.4) is 0 Å². The molecule has 3 heterocycles. The van der Waals surface area contributed by atoms with Crippen molar-refractivity contribution < 1.29 is 31.9 Å². The summed E-state index contributed by atoms with van der Waals surface area (Å²) in [6.07, 6.45) is 3.95. The summed E-state index contributed by atoms with van der Waals surface area (Å²) in [5, 5.41) is 3.29. The summed E-state index contributed by atoms with van der Waals surface area (Å²) >= 11 is 1.44. The SMILES string of the molecule is COCCNCc1ccc(-c2cc3nccc(Oc4ccc(CC(=O)CC(=O)Cc5cccc(S(C)(=O)=O)c5)cc4F)c3s2)nc1. The van der Waals surface area contributed by atoms with Gasteiger partial charge >= 0.3 is 0 Å². The number of carbonyl (C=O) groups is 2. The van der Waals surface area contributed by atoms with Crippen molar-refractivity contribution in [3.8, 4) is 22.1 Å². The van der Waals surface area contributed by atoms with Crippen LogP contribution in [0.5, 0.6) is 11.5 Å². The molecule has 9 nitrogen and oxygen atoms in total. The fourth-order valence-electron chi connectivity index (χ4n) is 4.75. The summed E-state index contributed by atoms with van der Waals surface area (Å²) in [4.78, 5) is 35.1. The van der Waals surface area contributed by atoms with E-state index in [2.05, 4.69) is 15.3 Å². The Balaban J connectivity index is 1.21. The van der Waals surface area contributed by atoms with Crippen LogP contribution in [0.2, 0.25) is 0 Å². The van der Waals surface area contributed by atoms with Gasteiger partial charge in [0.1, 0.15) is 17.3 Å². The fraction of sp³-hybridized carbons (Fsp3) is 0.235. The summed E-state index contributed by atoms with van der Waals surface area (Å²) in [5.74, 6) is -0.942. The molecule has 0 spiro atoms. The number of methoxy groups -OCH3 is 1. The minimum Gasteiger partial charge on any atom is -0.453 e. The molecule has 5 aromatic rings. The van der Waals surface area contributed by atoms with Gasteiger partial charge in [0, 0.05) is 57.8 Å². The molecule has 46 heavy (non-hydrogen) atoms. The van der Waals surface area contributed by atoms with E-state index in [1.165, 1.54) is 35.6 Å². The Morgan fingerprint density at radius 2 is 1.67 bits per heavy atom. The average Bonchev–Trinajstić information content (AvgIpc) is 3.46. The highest BCUT2D eigenvalue weighted by molar-refractivity contribution is 7.90. The Kier molecular flexibility index (Phi) is 10.6. The molecule has 0 unspecified atom stereocenters. The van der Waals surface area contributed by atoms with Gasteiger partial charge in [-0.2, -0.15) is 0 Å². The number of hydrogen-bond acceptors (Lipinski definition) is 10. The fourth-order valence-corrected chi connectivity index (χ4v) is 6.48. The van der Waals surface area contributed by atoms with Gasteiger partial charge < -0.3 is 14.8 Å². The number of ketones is 2. The molecule has 0 aliphatic heterocycles. The van der Waals surface area contributed by atoms with Crippen LogP contribution >= 0.6 is 11.3 Å². The number of pyridine rings is 2. The molecule has 0 bridgehead atoms. The Bertz CT molecular complexity index is 1980. The Morgan fingerprint density at radius 3 is 2.37 bits per heavy atom. The summed E-state index contributed by atoms with van der Waals surface area (Å²) in [6, 6.07) is 17.9. The molecule has 238 valence electrons. The van der Waals surface area contributed by atoms with Crippen LogP contribution in [0.4, 0.5) is 4.39 Å². The monoisotopic (exact) mass is 661 g/mol. The maximum Gasteiger partial charge on any atom is 0.175 e. The highest BCUT2D eigenvalue weighted by Crippen LogP contribution is 2.39. The van der Waals surface area contributed by atoms with Gasteiger partial charge in [0.15, 0.2) is 21.4 Å². The first kappa shape index (κ1) is 33.0. The van der Waals surface area contributed by atoms with Crippen LogP contribution in [0, 0.1) is 5.82 Å².